The second-order valence-corrected chi connectivity index (χ2v) is 7.37. The number of aromatic nitrogens is 3. The number of rotatable bonds is 6. The number of benzene rings is 1. The average Bonchev–Trinajstić information content (AvgIpc) is 3.33. The summed E-state index contributed by atoms with van der Waals surface area (Å²) in [5.41, 5.74) is 1.70. The molecule has 0 saturated carbocycles. The Hall–Kier alpha value is -2.64. The first-order chi connectivity index (χ1) is 12.8. The zero-order valence-corrected chi connectivity index (χ0v) is 15.4. The molecule has 0 aliphatic rings. The molecule has 0 aliphatic carbocycles. The fourth-order valence-electron chi connectivity index (χ4n) is 2.56. The maximum atomic E-state index is 12.6. The summed E-state index contributed by atoms with van der Waals surface area (Å²) in [7, 11) is 0. The summed E-state index contributed by atoms with van der Waals surface area (Å²) in [6.45, 7) is 4.16. The first kappa shape index (κ1) is 16.8. The zero-order valence-electron chi connectivity index (χ0n) is 13.8. The smallest absolute Gasteiger partial charge is 0.263 e. The van der Waals surface area contributed by atoms with Crippen molar-refractivity contribution < 1.29 is 4.42 Å². The third kappa shape index (κ3) is 3.23. The lowest BCUT2D eigenvalue weighted by Crippen LogP contribution is -2.22. The van der Waals surface area contributed by atoms with Gasteiger partial charge in [-0.05, 0) is 23.6 Å². The third-order valence-electron chi connectivity index (χ3n) is 3.78. The lowest BCUT2D eigenvalue weighted by molar-refractivity contribution is 0.573. The Bertz CT molecular complexity index is 1110. The number of nitrogens with zero attached hydrogens (tertiary/aromatic N) is 3. The van der Waals surface area contributed by atoms with Gasteiger partial charge in [-0.2, -0.15) is 0 Å². The Kier molecular flexibility index (Phi) is 4.73. The van der Waals surface area contributed by atoms with Gasteiger partial charge in [-0.25, -0.2) is 9.97 Å². The summed E-state index contributed by atoms with van der Waals surface area (Å²) in [4.78, 5) is 22.5. The van der Waals surface area contributed by atoms with Crippen LogP contribution in [0.15, 0.2) is 75.1 Å². The van der Waals surface area contributed by atoms with Gasteiger partial charge >= 0.3 is 0 Å². The second-order valence-electron chi connectivity index (χ2n) is 5.54. The molecule has 0 N–H and O–H groups in total. The standard InChI is InChI=1S/C19H15N3O2S2/c1-2-9-22-18(23)15-8-10-25-17(15)21-19(22)26-12-14-11-24-16(20-14)13-6-4-3-5-7-13/h2-8,10-11H,1,9,12H2. The third-order valence-corrected chi connectivity index (χ3v) is 5.60. The summed E-state index contributed by atoms with van der Waals surface area (Å²) in [5.74, 6) is 1.16. The number of allylic oxidation sites excluding steroid dienone is 1. The molecular weight excluding hydrogens is 366 g/mol. The summed E-state index contributed by atoms with van der Waals surface area (Å²) >= 11 is 2.94. The number of thiophene rings is 1. The second kappa shape index (κ2) is 7.31. The quantitative estimate of drug-likeness (QED) is 0.278. The molecule has 3 heterocycles. The maximum absolute atomic E-state index is 12.6. The van der Waals surface area contributed by atoms with Crippen LogP contribution in [0.5, 0.6) is 0 Å². The molecule has 0 spiro atoms. The molecule has 0 aliphatic heterocycles. The topological polar surface area (TPSA) is 60.9 Å². The van der Waals surface area contributed by atoms with Crippen molar-refractivity contribution in [2.75, 3.05) is 0 Å². The minimum atomic E-state index is -0.0382. The highest BCUT2D eigenvalue weighted by atomic mass is 32.2. The molecule has 1 aromatic carbocycles. The first-order valence-electron chi connectivity index (χ1n) is 7.98. The van der Waals surface area contributed by atoms with Crippen LogP contribution in [0, 0.1) is 0 Å². The van der Waals surface area contributed by atoms with Crippen LogP contribution >= 0.6 is 23.1 Å². The molecule has 5 nitrogen and oxygen atoms in total. The van der Waals surface area contributed by atoms with E-state index in [9.17, 15) is 4.79 Å². The van der Waals surface area contributed by atoms with Crippen molar-refractivity contribution in [3.63, 3.8) is 0 Å². The van der Waals surface area contributed by atoms with E-state index in [0.29, 0.717) is 28.7 Å². The summed E-state index contributed by atoms with van der Waals surface area (Å²) in [6.07, 6.45) is 3.35. The van der Waals surface area contributed by atoms with Gasteiger partial charge in [0.1, 0.15) is 11.1 Å². The first-order valence-corrected chi connectivity index (χ1v) is 9.84. The van der Waals surface area contributed by atoms with E-state index in [1.807, 2.05) is 41.8 Å². The van der Waals surface area contributed by atoms with Crippen LogP contribution in [0.2, 0.25) is 0 Å². The van der Waals surface area contributed by atoms with Crippen molar-refractivity contribution in [1.82, 2.24) is 14.5 Å². The Morgan fingerprint density at radius 1 is 1.23 bits per heavy atom. The molecule has 0 atom stereocenters. The van der Waals surface area contributed by atoms with E-state index in [4.69, 9.17) is 4.42 Å². The van der Waals surface area contributed by atoms with Gasteiger partial charge in [0.25, 0.3) is 5.56 Å². The zero-order chi connectivity index (χ0) is 17.9. The SMILES string of the molecule is C=CCn1c(SCc2coc(-c3ccccc3)n2)nc2sccc2c1=O. The van der Waals surface area contributed by atoms with Crippen molar-refractivity contribution in [2.45, 2.75) is 17.5 Å². The van der Waals surface area contributed by atoms with Gasteiger partial charge in [-0.1, -0.05) is 36.0 Å². The van der Waals surface area contributed by atoms with Crippen LogP contribution in [-0.4, -0.2) is 14.5 Å². The van der Waals surface area contributed by atoms with Gasteiger partial charge in [0.15, 0.2) is 5.16 Å². The van der Waals surface area contributed by atoms with Crippen molar-refractivity contribution in [1.29, 1.82) is 0 Å². The van der Waals surface area contributed by atoms with Crippen molar-refractivity contribution >= 4 is 33.3 Å². The van der Waals surface area contributed by atoms with Crippen molar-refractivity contribution in [3.8, 4) is 11.5 Å². The molecule has 0 amide bonds. The van der Waals surface area contributed by atoms with Gasteiger partial charge in [-0.3, -0.25) is 9.36 Å². The molecule has 0 fully saturated rings. The van der Waals surface area contributed by atoms with Gasteiger partial charge in [0, 0.05) is 17.9 Å². The molecular formula is C19H15N3O2S2. The van der Waals surface area contributed by atoms with Crippen LogP contribution in [0.4, 0.5) is 0 Å². The van der Waals surface area contributed by atoms with E-state index in [1.54, 1.807) is 16.9 Å². The monoisotopic (exact) mass is 381 g/mol. The Morgan fingerprint density at radius 3 is 2.88 bits per heavy atom. The molecule has 130 valence electrons. The molecule has 4 rings (SSSR count). The van der Waals surface area contributed by atoms with Gasteiger partial charge in [-0.15, -0.1) is 17.9 Å². The number of hydrogen-bond acceptors (Lipinski definition) is 6. The van der Waals surface area contributed by atoms with Crippen molar-refractivity contribution in [3.05, 3.63) is 76.7 Å². The molecule has 4 aromatic rings. The number of hydrogen-bond donors (Lipinski definition) is 0. The molecule has 0 radical (unpaired) electrons. The molecule has 0 saturated heterocycles. The van der Waals surface area contributed by atoms with Gasteiger partial charge < -0.3 is 4.42 Å². The Balaban J connectivity index is 1.60. The number of fused-ring (bicyclic) bond motifs is 1. The van der Waals surface area contributed by atoms with E-state index in [0.717, 1.165) is 16.1 Å². The van der Waals surface area contributed by atoms with E-state index in [2.05, 4.69) is 16.5 Å². The van der Waals surface area contributed by atoms with Gasteiger partial charge in [0.2, 0.25) is 5.89 Å². The summed E-state index contributed by atoms with van der Waals surface area (Å²) in [5, 5.41) is 3.19. The van der Waals surface area contributed by atoms with E-state index in [-0.39, 0.29) is 5.56 Å². The predicted molar refractivity (Wildman–Crippen MR) is 106 cm³/mol. The largest absolute Gasteiger partial charge is 0.444 e. The summed E-state index contributed by atoms with van der Waals surface area (Å²) < 4.78 is 7.21. The van der Waals surface area contributed by atoms with Crippen LogP contribution < -0.4 is 5.56 Å². The summed E-state index contributed by atoms with van der Waals surface area (Å²) in [6, 6.07) is 11.6. The highest BCUT2D eigenvalue weighted by Crippen LogP contribution is 2.25. The number of oxazole rings is 1. The van der Waals surface area contributed by atoms with Crippen LogP contribution in [-0.2, 0) is 12.3 Å². The molecule has 3 aromatic heterocycles. The Morgan fingerprint density at radius 2 is 2.08 bits per heavy atom. The average molecular weight is 381 g/mol. The molecule has 26 heavy (non-hydrogen) atoms. The lowest BCUT2D eigenvalue weighted by Gasteiger charge is -2.09. The van der Waals surface area contributed by atoms with Crippen LogP contribution in [0.1, 0.15) is 5.69 Å². The normalized spacial score (nSPS) is 11.1. The van der Waals surface area contributed by atoms with Crippen LogP contribution in [0.3, 0.4) is 0 Å². The highest BCUT2D eigenvalue weighted by Gasteiger charge is 2.13. The van der Waals surface area contributed by atoms with Crippen molar-refractivity contribution in [2.24, 2.45) is 0 Å². The number of thioether (sulfide) groups is 1. The van der Waals surface area contributed by atoms with E-state index in [1.165, 1.54) is 23.1 Å². The van der Waals surface area contributed by atoms with E-state index >= 15 is 0 Å². The molecule has 0 unspecified atom stereocenters. The molecule has 7 heteroatoms. The Labute approximate surface area is 158 Å². The highest BCUT2D eigenvalue weighted by molar-refractivity contribution is 7.98. The lowest BCUT2D eigenvalue weighted by atomic mass is 10.2. The predicted octanol–water partition coefficient (Wildman–Crippen LogP) is 4.59. The fourth-order valence-corrected chi connectivity index (χ4v) is 4.25. The van der Waals surface area contributed by atoms with Crippen LogP contribution in [0.25, 0.3) is 21.7 Å². The van der Waals surface area contributed by atoms with Gasteiger partial charge in [0.05, 0.1) is 11.1 Å². The molecule has 0 bridgehead atoms. The minimum Gasteiger partial charge on any atom is -0.444 e. The van der Waals surface area contributed by atoms with E-state index < -0.39 is 0 Å². The maximum Gasteiger partial charge on any atom is 0.263 e. The minimum absolute atomic E-state index is 0.0382. The fraction of sp³-hybridized carbons (Fsp3) is 0.105.